The molecule has 0 atom stereocenters. The van der Waals surface area contributed by atoms with E-state index in [2.05, 4.69) is 10.0 Å². The van der Waals surface area contributed by atoms with Gasteiger partial charge in [-0.3, -0.25) is 4.72 Å². The lowest BCUT2D eigenvalue weighted by Gasteiger charge is -2.27. The molecule has 0 saturated carbocycles. The van der Waals surface area contributed by atoms with Crippen LogP contribution in [-0.4, -0.2) is 38.9 Å². The first-order valence-corrected chi connectivity index (χ1v) is 7.18. The highest BCUT2D eigenvalue weighted by atomic mass is 32.2. The number of benzene rings is 1. The fourth-order valence-electron chi connectivity index (χ4n) is 1.79. The zero-order valence-electron chi connectivity index (χ0n) is 10.1. The second kappa shape index (κ2) is 5.21. The smallest absolute Gasteiger partial charge is 0.301 e. The molecule has 1 fully saturated rings. The van der Waals surface area contributed by atoms with E-state index in [0.29, 0.717) is 31.7 Å². The molecule has 0 radical (unpaired) electrons. The van der Waals surface area contributed by atoms with E-state index in [0.717, 1.165) is 0 Å². The zero-order valence-corrected chi connectivity index (χ0v) is 10.9. The third-order valence-corrected chi connectivity index (χ3v) is 4.38. The van der Waals surface area contributed by atoms with E-state index < -0.39 is 16.0 Å². The van der Waals surface area contributed by atoms with Crippen LogP contribution in [0.15, 0.2) is 18.2 Å². The van der Waals surface area contributed by atoms with Crippen molar-refractivity contribution in [3.8, 4) is 0 Å². The van der Waals surface area contributed by atoms with Crippen LogP contribution in [0.3, 0.4) is 0 Å². The summed E-state index contributed by atoms with van der Waals surface area (Å²) in [6, 6.07) is 4.04. The minimum atomic E-state index is -3.60. The summed E-state index contributed by atoms with van der Waals surface area (Å²) in [7, 11) is -3.60. The number of rotatable bonds is 3. The van der Waals surface area contributed by atoms with Gasteiger partial charge in [0.2, 0.25) is 0 Å². The molecule has 7 heteroatoms. The number of anilines is 1. The summed E-state index contributed by atoms with van der Waals surface area (Å²) in [5, 5.41) is 3.08. The van der Waals surface area contributed by atoms with Crippen LogP contribution >= 0.6 is 0 Å². The third kappa shape index (κ3) is 2.98. The minimum Gasteiger partial charge on any atom is -0.314 e. The molecular weight excluding hydrogens is 257 g/mol. The molecule has 1 aliphatic rings. The normalized spacial score (nSPS) is 17.7. The number of piperazine rings is 1. The molecular formula is C11H16FN3O2S. The molecule has 18 heavy (non-hydrogen) atoms. The highest BCUT2D eigenvalue weighted by Crippen LogP contribution is 2.18. The van der Waals surface area contributed by atoms with E-state index in [1.54, 1.807) is 13.0 Å². The van der Waals surface area contributed by atoms with Gasteiger partial charge >= 0.3 is 10.2 Å². The van der Waals surface area contributed by atoms with Crippen LogP contribution < -0.4 is 10.0 Å². The van der Waals surface area contributed by atoms with Crippen molar-refractivity contribution < 1.29 is 12.8 Å². The summed E-state index contributed by atoms with van der Waals surface area (Å²) in [6.45, 7) is 3.83. The number of halogens is 1. The Bertz CT molecular complexity index is 527. The first kappa shape index (κ1) is 13.3. The maximum atomic E-state index is 13.1. The van der Waals surface area contributed by atoms with Crippen LogP contribution in [0.2, 0.25) is 0 Å². The van der Waals surface area contributed by atoms with Gasteiger partial charge in [-0.05, 0) is 24.6 Å². The second-order valence-electron chi connectivity index (χ2n) is 4.22. The average molecular weight is 273 g/mol. The predicted octanol–water partition coefficient (Wildman–Crippen LogP) is 0.696. The Morgan fingerprint density at radius 2 is 2.00 bits per heavy atom. The molecule has 1 aromatic carbocycles. The van der Waals surface area contributed by atoms with Crippen molar-refractivity contribution in [1.29, 1.82) is 0 Å². The van der Waals surface area contributed by atoms with E-state index in [9.17, 15) is 12.8 Å². The average Bonchev–Trinajstić information content (AvgIpc) is 2.35. The summed E-state index contributed by atoms with van der Waals surface area (Å²) in [6.07, 6.45) is 0. The van der Waals surface area contributed by atoms with Crippen LogP contribution in [-0.2, 0) is 10.2 Å². The van der Waals surface area contributed by atoms with Crippen molar-refractivity contribution in [1.82, 2.24) is 9.62 Å². The van der Waals surface area contributed by atoms with Gasteiger partial charge in [0.1, 0.15) is 5.82 Å². The number of nitrogens with zero attached hydrogens (tertiary/aromatic N) is 1. The molecule has 1 aromatic rings. The van der Waals surface area contributed by atoms with Gasteiger partial charge in [0, 0.05) is 26.2 Å². The molecule has 1 aliphatic heterocycles. The van der Waals surface area contributed by atoms with E-state index in [1.165, 1.54) is 16.4 Å². The largest absolute Gasteiger partial charge is 0.314 e. The van der Waals surface area contributed by atoms with Gasteiger partial charge in [-0.2, -0.15) is 12.7 Å². The van der Waals surface area contributed by atoms with Crippen molar-refractivity contribution in [3.63, 3.8) is 0 Å². The number of nitrogens with one attached hydrogen (secondary N) is 2. The molecule has 2 rings (SSSR count). The summed E-state index contributed by atoms with van der Waals surface area (Å²) in [5.41, 5.74) is 0.976. The quantitative estimate of drug-likeness (QED) is 0.852. The van der Waals surface area contributed by atoms with Gasteiger partial charge < -0.3 is 5.32 Å². The lowest BCUT2D eigenvalue weighted by Crippen LogP contribution is -2.48. The van der Waals surface area contributed by atoms with E-state index >= 15 is 0 Å². The van der Waals surface area contributed by atoms with Gasteiger partial charge in [0.25, 0.3) is 0 Å². The lowest BCUT2D eigenvalue weighted by atomic mass is 10.2. The van der Waals surface area contributed by atoms with Crippen LogP contribution in [0, 0.1) is 12.7 Å². The number of hydrogen-bond donors (Lipinski definition) is 2. The molecule has 0 aromatic heterocycles. The summed E-state index contributed by atoms with van der Waals surface area (Å²) in [5.74, 6) is -0.460. The van der Waals surface area contributed by atoms with Crippen molar-refractivity contribution in [2.45, 2.75) is 6.92 Å². The Hall–Kier alpha value is -1.18. The first-order valence-electron chi connectivity index (χ1n) is 5.74. The van der Waals surface area contributed by atoms with Crippen molar-refractivity contribution >= 4 is 15.9 Å². The molecule has 5 nitrogen and oxygen atoms in total. The fraction of sp³-hybridized carbons (Fsp3) is 0.455. The summed E-state index contributed by atoms with van der Waals surface area (Å²) in [4.78, 5) is 0. The first-order chi connectivity index (χ1) is 8.49. The Kier molecular flexibility index (Phi) is 3.84. The van der Waals surface area contributed by atoms with Crippen LogP contribution in [0.4, 0.5) is 10.1 Å². The Morgan fingerprint density at radius 1 is 1.33 bits per heavy atom. The summed E-state index contributed by atoms with van der Waals surface area (Å²) < 4.78 is 41.1. The van der Waals surface area contributed by atoms with Gasteiger partial charge in [-0.25, -0.2) is 4.39 Å². The topological polar surface area (TPSA) is 61.4 Å². The molecule has 0 unspecified atom stereocenters. The Labute approximate surface area is 106 Å². The van der Waals surface area contributed by atoms with E-state index in [4.69, 9.17) is 0 Å². The van der Waals surface area contributed by atoms with Crippen molar-refractivity contribution in [2.75, 3.05) is 30.9 Å². The SMILES string of the molecule is Cc1ccc(F)cc1NS(=O)(=O)N1CCNCC1. The summed E-state index contributed by atoms with van der Waals surface area (Å²) >= 11 is 0. The van der Waals surface area contributed by atoms with Crippen molar-refractivity contribution in [3.05, 3.63) is 29.6 Å². The Morgan fingerprint density at radius 3 is 2.67 bits per heavy atom. The molecule has 0 aliphatic carbocycles. The standard InChI is InChI=1S/C11H16FN3O2S/c1-9-2-3-10(12)8-11(9)14-18(16,17)15-6-4-13-5-7-15/h2-3,8,13-14H,4-7H2,1H3. The predicted molar refractivity (Wildman–Crippen MR) is 68.1 cm³/mol. The van der Waals surface area contributed by atoms with E-state index in [-0.39, 0.29) is 5.69 Å². The van der Waals surface area contributed by atoms with Gasteiger partial charge in [0.15, 0.2) is 0 Å². The molecule has 100 valence electrons. The van der Waals surface area contributed by atoms with Crippen LogP contribution in [0.25, 0.3) is 0 Å². The Balaban J connectivity index is 2.18. The zero-order chi connectivity index (χ0) is 13.2. The number of aryl methyl sites for hydroxylation is 1. The maximum Gasteiger partial charge on any atom is 0.301 e. The lowest BCUT2D eigenvalue weighted by molar-refractivity contribution is 0.362. The van der Waals surface area contributed by atoms with Crippen LogP contribution in [0.1, 0.15) is 5.56 Å². The highest BCUT2D eigenvalue weighted by Gasteiger charge is 2.24. The number of hydrogen-bond acceptors (Lipinski definition) is 3. The third-order valence-electron chi connectivity index (χ3n) is 2.85. The highest BCUT2D eigenvalue weighted by molar-refractivity contribution is 7.90. The van der Waals surface area contributed by atoms with E-state index in [1.807, 2.05) is 0 Å². The monoisotopic (exact) mass is 273 g/mol. The maximum absolute atomic E-state index is 13.1. The van der Waals surface area contributed by atoms with Crippen LogP contribution in [0.5, 0.6) is 0 Å². The van der Waals surface area contributed by atoms with Gasteiger partial charge in [-0.15, -0.1) is 0 Å². The molecule has 2 N–H and O–H groups in total. The van der Waals surface area contributed by atoms with Gasteiger partial charge in [0.05, 0.1) is 5.69 Å². The molecule has 0 amide bonds. The van der Waals surface area contributed by atoms with Gasteiger partial charge in [-0.1, -0.05) is 6.07 Å². The molecule has 1 saturated heterocycles. The molecule has 1 heterocycles. The minimum absolute atomic E-state index is 0.286. The second-order valence-corrected chi connectivity index (χ2v) is 5.89. The molecule has 0 spiro atoms. The molecule has 0 bridgehead atoms. The fourth-order valence-corrected chi connectivity index (χ4v) is 3.08. The van der Waals surface area contributed by atoms with Crippen molar-refractivity contribution in [2.24, 2.45) is 0 Å².